The van der Waals surface area contributed by atoms with Crippen LogP contribution in [0.2, 0.25) is 5.02 Å². The van der Waals surface area contributed by atoms with E-state index < -0.39 is 28.7 Å². The van der Waals surface area contributed by atoms with Crippen molar-refractivity contribution in [2.24, 2.45) is 11.8 Å². The number of benzene rings is 1. The summed E-state index contributed by atoms with van der Waals surface area (Å²) in [5.41, 5.74) is 0.584. The number of carbonyl (C=O) groups excluding carboxylic acids is 3. The van der Waals surface area contributed by atoms with E-state index in [4.69, 9.17) is 11.6 Å². The summed E-state index contributed by atoms with van der Waals surface area (Å²) < 4.78 is -0.905. The van der Waals surface area contributed by atoms with Crippen LogP contribution in [-0.4, -0.2) is 80.9 Å². The summed E-state index contributed by atoms with van der Waals surface area (Å²) in [5.74, 6) is -1.72. The van der Waals surface area contributed by atoms with Crippen molar-refractivity contribution in [3.8, 4) is 0 Å². The Morgan fingerprint density at radius 2 is 1.89 bits per heavy atom. The number of hydrogen-bond acceptors (Lipinski definition) is 5. The highest BCUT2D eigenvalue weighted by molar-refractivity contribution is 8.02. The number of nitrogens with zero attached hydrogens (tertiary/aromatic N) is 3. The van der Waals surface area contributed by atoms with Crippen molar-refractivity contribution in [3.05, 3.63) is 53.6 Å². The molecule has 192 valence electrons. The van der Waals surface area contributed by atoms with Gasteiger partial charge in [-0.05, 0) is 25.0 Å². The van der Waals surface area contributed by atoms with Crippen molar-refractivity contribution < 1.29 is 19.5 Å². The lowest BCUT2D eigenvalue weighted by atomic mass is 9.78. The van der Waals surface area contributed by atoms with Crippen LogP contribution in [0, 0.1) is 11.8 Å². The Hall–Kier alpha value is -2.29. The predicted octanol–water partition coefficient (Wildman–Crippen LogP) is 3.12. The Bertz CT molecular complexity index is 1120. The molecule has 36 heavy (non-hydrogen) atoms. The van der Waals surface area contributed by atoms with E-state index >= 15 is 0 Å². The first-order chi connectivity index (χ1) is 17.4. The van der Waals surface area contributed by atoms with Gasteiger partial charge < -0.3 is 19.8 Å². The molecule has 0 radical (unpaired) electrons. The number of fused-ring (bicyclic) bond motifs is 2. The Kier molecular flexibility index (Phi) is 6.96. The van der Waals surface area contributed by atoms with Gasteiger partial charge in [0.15, 0.2) is 0 Å². The van der Waals surface area contributed by atoms with Crippen molar-refractivity contribution in [2.75, 3.05) is 31.1 Å². The van der Waals surface area contributed by atoms with Gasteiger partial charge in [0, 0.05) is 24.9 Å². The zero-order valence-corrected chi connectivity index (χ0v) is 22.1. The second-order valence-electron chi connectivity index (χ2n) is 9.85. The number of aliphatic hydroxyl groups excluding tert-OH is 1. The molecule has 9 heteroatoms. The fourth-order valence-corrected chi connectivity index (χ4v) is 8.52. The Morgan fingerprint density at radius 1 is 1.11 bits per heavy atom. The van der Waals surface area contributed by atoms with Gasteiger partial charge in [-0.25, -0.2) is 0 Å². The van der Waals surface area contributed by atoms with Gasteiger partial charge in [0.05, 0.1) is 39.9 Å². The smallest absolute Gasteiger partial charge is 0.251 e. The first kappa shape index (κ1) is 25.4. The van der Waals surface area contributed by atoms with Gasteiger partial charge in [-0.15, -0.1) is 11.8 Å². The maximum absolute atomic E-state index is 14.4. The van der Waals surface area contributed by atoms with Crippen molar-refractivity contribution in [1.82, 2.24) is 9.80 Å². The molecule has 0 aromatic heterocycles. The van der Waals surface area contributed by atoms with E-state index in [2.05, 4.69) is 0 Å². The van der Waals surface area contributed by atoms with Crippen molar-refractivity contribution in [3.63, 3.8) is 0 Å². The van der Waals surface area contributed by atoms with Crippen LogP contribution in [0.3, 0.4) is 0 Å². The van der Waals surface area contributed by atoms with Gasteiger partial charge in [-0.1, -0.05) is 61.9 Å². The summed E-state index contributed by atoms with van der Waals surface area (Å²) in [6.45, 7) is 5.15. The standard InChI is InChI=1S/C27H32ClN3O4S/c1-3-13-29-14-7-11-20-21(24(29)33)22-25(34)31(17(4-2)16-32)23-26(35)30(15-8-12-27(22,23)36-20)19-10-6-5-9-18(19)28/h5-12,17,20-23,32H,3-4,13-16H2,1-2H3/t17-,20-,21+,22-,23?,27-/m0/s1. The minimum absolute atomic E-state index is 0.0275. The largest absolute Gasteiger partial charge is 0.394 e. The molecule has 6 atom stereocenters. The zero-order valence-electron chi connectivity index (χ0n) is 20.5. The summed E-state index contributed by atoms with van der Waals surface area (Å²) in [6.07, 6.45) is 9.31. The minimum Gasteiger partial charge on any atom is -0.394 e. The number of amides is 3. The van der Waals surface area contributed by atoms with E-state index in [1.54, 1.807) is 33.7 Å². The molecular formula is C27H32ClN3O4S. The molecule has 1 aromatic rings. The average molecular weight is 530 g/mol. The quantitative estimate of drug-likeness (QED) is 0.573. The summed E-state index contributed by atoms with van der Waals surface area (Å²) in [4.78, 5) is 47.4. The van der Waals surface area contributed by atoms with E-state index in [1.165, 1.54) is 0 Å². The van der Waals surface area contributed by atoms with Crippen LogP contribution in [0.15, 0.2) is 48.6 Å². The molecule has 2 fully saturated rings. The highest BCUT2D eigenvalue weighted by atomic mass is 35.5. The lowest BCUT2D eigenvalue weighted by molar-refractivity contribution is -0.144. The zero-order chi connectivity index (χ0) is 25.6. The Labute approximate surface area is 221 Å². The van der Waals surface area contributed by atoms with Crippen LogP contribution in [0.25, 0.3) is 0 Å². The molecule has 0 bridgehead atoms. The highest BCUT2D eigenvalue weighted by Crippen LogP contribution is 2.61. The van der Waals surface area contributed by atoms with Gasteiger partial charge in [0.1, 0.15) is 6.04 Å². The fraction of sp³-hybridized carbons (Fsp3) is 0.519. The topological polar surface area (TPSA) is 81.2 Å². The number of halogens is 1. The van der Waals surface area contributed by atoms with Crippen LogP contribution >= 0.6 is 23.4 Å². The van der Waals surface area contributed by atoms with Crippen LogP contribution in [0.4, 0.5) is 5.69 Å². The molecule has 7 nitrogen and oxygen atoms in total. The SMILES string of the molecule is CCCN1CC=C[C@@H]2S[C@]34C=CCN(c5ccccc5Cl)C(=O)C3N([C@@H](CC)CO)C(=O)[C@@H]4[C@@H]2C1=O. The van der Waals surface area contributed by atoms with Crippen LogP contribution in [0.1, 0.15) is 26.7 Å². The third-order valence-corrected chi connectivity index (χ3v) is 9.96. The van der Waals surface area contributed by atoms with Gasteiger partial charge >= 0.3 is 0 Å². The second kappa shape index (κ2) is 9.88. The number of anilines is 1. The molecule has 0 aliphatic carbocycles. The highest BCUT2D eigenvalue weighted by Gasteiger charge is 2.71. The van der Waals surface area contributed by atoms with Gasteiger partial charge in [-0.2, -0.15) is 0 Å². The summed E-state index contributed by atoms with van der Waals surface area (Å²) in [6, 6.07) is 5.82. The molecule has 1 N–H and O–H groups in total. The average Bonchev–Trinajstić information content (AvgIpc) is 3.19. The lowest BCUT2D eigenvalue weighted by Gasteiger charge is -2.38. The predicted molar refractivity (Wildman–Crippen MR) is 142 cm³/mol. The number of likely N-dealkylation sites (tertiary alicyclic amines) is 1. The summed E-state index contributed by atoms with van der Waals surface area (Å²) >= 11 is 8.04. The Balaban J connectivity index is 1.64. The van der Waals surface area contributed by atoms with E-state index in [0.717, 1.165) is 6.42 Å². The summed E-state index contributed by atoms with van der Waals surface area (Å²) in [5, 5.41) is 10.5. The molecule has 2 saturated heterocycles. The van der Waals surface area contributed by atoms with E-state index in [1.807, 2.05) is 55.2 Å². The normalized spacial score (nSPS) is 32.3. The molecular weight excluding hydrogens is 498 g/mol. The third-order valence-electron chi connectivity index (χ3n) is 7.89. The van der Waals surface area contributed by atoms with Gasteiger partial charge in [-0.3, -0.25) is 14.4 Å². The molecule has 4 aliphatic rings. The first-order valence-corrected chi connectivity index (χ1v) is 13.9. The number of aliphatic hydroxyl groups is 1. The third kappa shape index (κ3) is 3.72. The molecule has 4 heterocycles. The number of rotatable bonds is 6. The van der Waals surface area contributed by atoms with Crippen molar-refractivity contribution in [1.29, 1.82) is 0 Å². The number of carbonyl (C=O) groups is 3. The number of thioether (sulfide) groups is 1. The molecule has 1 unspecified atom stereocenters. The molecule has 1 aromatic carbocycles. The molecule has 5 rings (SSSR count). The monoisotopic (exact) mass is 529 g/mol. The Morgan fingerprint density at radius 3 is 2.58 bits per heavy atom. The van der Waals surface area contributed by atoms with Crippen molar-refractivity contribution >= 4 is 46.8 Å². The molecule has 4 aliphatic heterocycles. The lowest BCUT2D eigenvalue weighted by Crippen LogP contribution is -2.56. The van der Waals surface area contributed by atoms with Crippen LogP contribution < -0.4 is 4.90 Å². The first-order valence-electron chi connectivity index (χ1n) is 12.7. The number of para-hydroxylation sites is 1. The molecule has 0 saturated carbocycles. The van der Waals surface area contributed by atoms with Gasteiger partial charge in [0.2, 0.25) is 11.8 Å². The van der Waals surface area contributed by atoms with Crippen LogP contribution in [0.5, 0.6) is 0 Å². The van der Waals surface area contributed by atoms with E-state index in [0.29, 0.717) is 36.8 Å². The fourth-order valence-electron chi connectivity index (χ4n) is 6.29. The maximum Gasteiger partial charge on any atom is 0.251 e. The number of hydrogen-bond donors (Lipinski definition) is 1. The van der Waals surface area contributed by atoms with E-state index in [-0.39, 0.29) is 29.6 Å². The molecule has 3 amide bonds. The van der Waals surface area contributed by atoms with Gasteiger partial charge in [0.25, 0.3) is 5.91 Å². The van der Waals surface area contributed by atoms with E-state index in [9.17, 15) is 19.5 Å². The van der Waals surface area contributed by atoms with Crippen LogP contribution in [-0.2, 0) is 14.4 Å². The second-order valence-corrected chi connectivity index (χ2v) is 11.7. The summed E-state index contributed by atoms with van der Waals surface area (Å²) in [7, 11) is 0. The minimum atomic E-state index is -0.905. The maximum atomic E-state index is 14.4. The molecule has 1 spiro atoms. The van der Waals surface area contributed by atoms with Crippen molar-refractivity contribution in [2.45, 2.75) is 48.8 Å².